The molecule has 0 saturated carbocycles. The maximum Gasteiger partial charge on any atom is 2.00 e. The molecule has 0 aromatic carbocycles. The summed E-state index contributed by atoms with van der Waals surface area (Å²) in [4.78, 5) is 0. The average Bonchev–Trinajstić information content (AvgIpc) is 0.722. The summed E-state index contributed by atoms with van der Waals surface area (Å²) >= 11 is 0. The van der Waals surface area contributed by atoms with E-state index in [2.05, 4.69) is 0 Å². The molecule has 0 aliphatic rings. The van der Waals surface area contributed by atoms with Crippen LogP contribution in [0.25, 0.3) is 0 Å². The number of quaternary nitrogens is 1. The van der Waals surface area contributed by atoms with E-state index in [1.54, 1.807) is 0 Å². The molecule has 19 heavy (non-hydrogen) atoms. The Morgan fingerprint density at radius 3 is 0.474 bits per heavy atom. The molecule has 0 rings (SSSR count). The van der Waals surface area contributed by atoms with Crippen LogP contribution in [0.1, 0.15) is 0 Å². The van der Waals surface area contributed by atoms with Gasteiger partial charge >= 0.3 is 17.4 Å². The molecule has 140 valence electrons. The van der Waals surface area contributed by atoms with E-state index in [9.17, 15) is 0 Å². The van der Waals surface area contributed by atoms with Crippen molar-refractivity contribution in [1.82, 2.24) is 6.15 Å². The zero-order valence-corrected chi connectivity index (χ0v) is 11.5. The van der Waals surface area contributed by atoms with Gasteiger partial charge in [-0.05, 0) is 0 Å². The molecule has 0 unspecified atom stereocenters. The van der Waals surface area contributed by atoms with Gasteiger partial charge in [0.05, 0.1) is 0 Å². The van der Waals surface area contributed by atoms with Crippen molar-refractivity contribution in [1.29, 1.82) is 0 Å². The molecule has 0 radical (unpaired) electrons. The van der Waals surface area contributed by atoms with Crippen LogP contribution < -0.4 is 6.15 Å². The van der Waals surface area contributed by atoms with E-state index >= 15 is 0 Å². The Morgan fingerprint density at radius 1 is 0.474 bits per heavy atom. The first-order valence-corrected chi connectivity index (χ1v) is 2.00. The van der Waals surface area contributed by atoms with Crippen molar-refractivity contribution in [2.75, 3.05) is 0 Å². The third-order valence-corrected chi connectivity index (χ3v) is 0. The van der Waals surface area contributed by atoms with Crippen LogP contribution in [-0.2, 0) is 27.8 Å². The summed E-state index contributed by atoms with van der Waals surface area (Å²) in [6.07, 6.45) is 0. The molecule has 0 aliphatic carbocycles. The molecule has 0 fully saturated rings. The molecular weight excluding hydrogens is 354 g/mol. The Balaban J connectivity index is -0.000000000879. The standard InChI is InChI=1S/Cr.H3N.H2O4S.12H2O/c;;1-5(2,3)4;;;;;;;;;;;;/h;1H3;(H2,1,2,3,4);12*1H2/q+2;;;;;;;;;;;;;;/p-1. The van der Waals surface area contributed by atoms with Crippen LogP contribution in [-0.4, -0.2) is 83.2 Å². The Bertz CT molecular complexity index is 99.9. The first kappa shape index (κ1) is 401. The molecule has 0 aliphatic heterocycles. The van der Waals surface area contributed by atoms with E-state index in [0.29, 0.717) is 0 Å². The van der Waals surface area contributed by atoms with Gasteiger partial charge in [-0.25, -0.2) is 0 Å². The summed E-state index contributed by atoms with van der Waals surface area (Å²) in [6.45, 7) is 0. The molecule has 0 amide bonds. The molecular formula is H28CrNO16S+. The molecule has 19 heteroatoms. The first-order chi connectivity index (χ1) is 2.00. The van der Waals surface area contributed by atoms with E-state index in [1.807, 2.05) is 0 Å². The monoisotopic (exact) mass is 382 g/mol. The summed E-state index contributed by atoms with van der Waals surface area (Å²) < 4.78 is 34.1. The molecule has 0 spiro atoms. The van der Waals surface area contributed by atoms with Crippen LogP contribution in [0.15, 0.2) is 0 Å². The minimum Gasteiger partial charge on any atom is -0.759 e. The molecule has 17 nitrogen and oxygen atoms in total. The third kappa shape index (κ3) is 327000. The normalized spacial score (nSPS) is 3.05. The summed E-state index contributed by atoms with van der Waals surface area (Å²) in [5.41, 5.74) is 0. The molecule has 28 N–H and O–H groups in total. The third-order valence-electron chi connectivity index (χ3n) is 0. The van der Waals surface area contributed by atoms with Gasteiger partial charge in [0, 0.05) is 10.4 Å². The number of rotatable bonds is 0. The van der Waals surface area contributed by atoms with Gasteiger partial charge in [-0.1, -0.05) is 0 Å². The van der Waals surface area contributed by atoms with E-state index in [4.69, 9.17) is 17.5 Å². The minimum absolute atomic E-state index is 0. The maximum atomic E-state index is 8.52. The van der Waals surface area contributed by atoms with Crippen molar-refractivity contribution in [3.8, 4) is 0 Å². The van der Waals surface area contributed by atoms with E-state index in [0.717, 1.165) is 0 Å². The fraction of sp³-hybridized carbons (Fsp3) is 0. The molecule has 0 aromatic rings. The summed E-state index contributed by atoms with van der Waals surface area (Å²) in [7, 11) is -5.17. The van der Waals surface area contributed by atoms with E-state index in [-0.39, 0.29) is 89.2 Å². The van der Waals surface area contributed by atoms with Crippen LogP contribution in [0.4, 0.5) is 0 Å². The van der Waals surface area contributed by atoms with Gasteiger partial charge in [-0.3, -0.25) is 8.42 Å². The molecule has 0 atom stereocenters. The average molecular weight is 382 g/mol. The van der Waals surface area contributed by atoms with E-state index in [1.165, 1.54) is 0 Å². The maximum absolute atomic E-state index is 8.52. The van der Waals surface area contributed by atoms with Gasteiger partial charge in [0.25, 0.3) is 0 Å². The predicted octanol–water partition coefficient (Wildman–Crippen LogP) is -10.9. The minimum atomic E-state index is -5.17. The van der Waals surface area contributed by atoms with Crippen LogP contribution >= 0.6 is 0 Å². The fourth-order valence-electron chi connectivity index (χ4n) is 0. The number of hydrogen-bond acceptors (Lipinski definition) is 4. The van der Waals surface area contributed by atoms with Crippen molar-refractivity contribution < 1.29 is 101 Å². The Labute approximate surface area is 118 Å². The summed E-state index contributed by atoms with van der Waals surface area (Å²) in [5, 5.41) is 0. The molecule has 0 bridgehead atoms. The van der Waals surface area contributed by atoms with Gasteiger partial charge in [-0.2, -0.15) is 0 Å². The predicted molar refractivity (Wildman–Crippen MR) is 59.8 cm³/mol. The second-order valence-electron chi connectivity index (χ2n) is 0.408. The van der Waals surface area contributed by atoms with Crippen molar-refractivity contribution in [2.24, 2.45) is 0 Å². The molecule has 0 saturated heterocycles. The molecule has 0 heterocycles. The second kappa shape index (κ2) is 147. The quantitative estimate of drug-likeness (QED) is 0.314. The number of hydrogen-bond donors (Lipinski definition) is 1. The van der Waals surface area contributed by atoms with Gasteiger partial charge < -0.3 is 81.0 Å². The summed E-state index contributed by atoms with van der Waals surface area (Å²) in [6, 6.07) is 0. The van der Waals surface area contributed by atoms with Crippen molar-refractivity contribution in [3.63, 3.8) is 0 Å². The molecule has 0 aromatic heterocycles. The fourth-order valence-corrected chi connectivity index (χ4v) is 0. The van der Waals surface area contributed by atoms with E-state index < -0.39 is 10.4 Å². The second-order valence-corrected chi connectivity index (χ2v) is 1.22. The van der Waals surface area contributed by atoms with Crippen LogP contribution in [0.3, 0.4) is 0 Å². The van der Waals surface area contributed by atoms with Crippen LogP contribution in [0.5, 0.6) is 0 Å². The van der Waals surface area contributed by atoms with Gasteiger partial charge in [0.15, 0.2) is 0 Å². The zero-order chi connectivity index (χ0) is 4.50. The van der Waals surface area contributed by atoms with Crippen LogP contribution in [0, 0.1) is 0 Å². The van der Waals surface area contributed by atoms with Crippen LogP contribution in [0.2, 0.25) is 0 Å². The van der Waals surface area contributed by atoms with Crippen molar-refractivity contribution in [3.05, 3.63) is 0 Å². The van der Waals surface area contributed by atoms with Crippen molar-refractivity contribution in [2.45, 2.75) is 0 Å². The largest absolute Gasteiger partial charge is 2.00 e. The Kier molecular flexibility index (Phi) is 3110. The zero-order valence-electron chi connectivity index (χ0n) is 9.45. The summed E-state index contributed by atoms with van der Waals surface area (Å²) in [5.74, 6) is 0. The Hall–Kier alpha value is -0.118. The van der Waals surface area contributed by atoms with Gasteiger partial charge in [0.2, 0.25) is 0 Å². The first-order valence-electron chi connectivity index (χ1n) is 0.667. The Morgan fingerprint density at radius 2 is 0.474 bits per heavy atom. The topological polar surface area (TPSA) is 495 Å². The SMILES string of the molecule is O.O.O.O.O.O.O.O.O.O.O.O.O=S(=O)([O-])[O-].[Cr+2].[NH4+]. The van der Waals surface area contributed by atoms with Gasteiger partial charge in [-0.15, -0.1) is 0 Å². The van der Waals surface area contributed by atoms with Crippen molar-refractivity contribution >= 4 is 10.4 Å². The smallest absolute Gasteiger partial charge is 0.759 e. The van der Waals surface area contributed by atoms with Gasteiger partial charge in [0.1, 0.15) is 0 Å².